The molecule has 1 atom stereocenters. The molecule has 5 N–H and O–H groups in total. The summed E-state index contributed by atoms with van der Waals surface area (Å²) in [5, 5.41) is 17.1. The van der Waals surface area contributed by atoms with Gasteiger partial charge in [0.15, 0.2) is 11.5 Å². The molecule has 0 saturated carbocycles. The first-order chi connectivity index (χ1) is 17.0. The van der Waals surface area contributed by atoms with E-state index < -0.39 is 27.5 Å². The molecule has 10 nitrogen and oxygen atoms in total. The van der Waals surface area contributed by atoms with Crippen LogP contribution < -0.4 is 11.1 Å². The number of nitriles is 1. The second-order valence-electron chi connectivity index (χ2n) is 8.03. The van der Waals surface area contributed by atoms with E-state index in [0.29, 0.717) is 35.7 Å². The molecule has 0 aliphatic carbocycles. The first kappa shape index (κ1) is 26.9. The number of H-pyrrole nitrogens is 2. The summed E-state index contributed by atoms with van der Waals surface area (Å²) < 4.78 is 57.1. The number of carbonyl (C=O) groups is 1. The third kappa shape index (κ3) is 6.29. The maximum Gasteiger partial charge on any atom is 0.435 e. The van der Waals surface area contributed by atoms with Crippen LogP contribution in [0, 0.1) is 18.3 Å². The molecule has 0 aliphatic heterocycles. The number of imidazole rings is 1. The Kier molecular flexibility index (Phi) is 8.16. The number of benzene rings is 1. The molecule has 2 aromatic heterocycles. The maximum atomic E-state index is 13.3. The fourth-order valence-corrected chi connectivity index (χ4v) is 5.14. The Morgan fingerprint density at radius 1 is 1.36 bits per heavy atom. The molecule has 192 valence electrons. The highest BCUT2D eigenvalue weighted by Crippen LogP contribution is 2.33. The van der Waals surface area contributed by atoms with Crippen molar-refractivity contribution in [2.24, 2.45) is 10.1 Å². The topological polar surface area (TPSA) is 166 Å². The highest BCUT2D eigenvalue weighted by molar-refractivity contribution is 7.93. The highest BCUT2D eigenvalue weighted by Gasteiger charge is 2.38. The van der Waals surface area contributed by atoms with E-state index >= 15 is 0 Å². The molecule has 0 bridgehead atoms. The van der Waals surface area contributed by atoms with Crippen molar-refractivity contribution in [2.75, 3.05) is 24.7 Å². The first-order valence-electron chi connectivity index (χ1n) is 10.8. The molecule has 0 aliphatic rings. The second-order valence-corrected chi connectivity index (χ2v) is 10.3. The van der Waals surface area contributed by atoms with E-state index in [1.54, 1.807) is 37.4 Å². The van der Waals surface area contributed by atoms with Gasteiger partial charge in [-0.15, -0.1) is 0 Å². The number of nitrogens with one attached hydrogen (secondary N) is 3. The molecular weight excluding hydrogens is 497 g/mol. The van der Waals surface area contributed by atoms with Crippen LogP contribution >= 0.6 is 0 Å². The molecule has 1 unspecified atom stereocenters. The van der Waals surface area contributed by atoms with Gasteiger partial charge in [0.1, 0.15) is 0 Å². The van der Waals surface area contributed by atoms with Gasteiger partial charge in [0.2, 0.25) is 0 Å². The van der Waals surface area contributed by atoms with Gasteiger partial charge in [-0.3, -0.25) is 9.89 Å². The van der Waals surface area contributed by atoms with Gasteiger partial charge in [0.25, 0.3) is 5.91 Å². The highest BCUT2D eigenvalue weighted by atomic mass is 32.2. The van der Waals surface area contributed by atoms with E-state index in [9.17, 15) is 22.2 Å². The monoisotopic (exact) mass is 522 g/mol. The third-order valence-corrected chi connectivity index (χ3v) is 7.18. The zero-order valence-electron chi connectivity index (χ0n) is 19.6. The van der Waals surface area contributed by atoms with Gasteiger partial charge in [-0.2, -0.15) is 23.5 Å². The van der Waals surface area contributed by atoms with Crippen molar-refractivity contribution in [1.82, 2.24) is 20.2 Å². The zero-order chi connectivity index (χ0) is 26.5. The van der Waals surface area contributed by atoms with Crippen LogP contribution in [0.25, 0.3) is 0 Å². The van der Waals surface area contributed by atoms with Crippen molar-refractivity contribution in [3.63, 3.8) is 0 Å². The van der Waals surface area contributed by atoms with Crippen molar-refractivity contribution in [3.05, 3.63) is 58.4 Å². The van der Waals surface area contributed by atoms with Crippen molar-refractivity contribution >= 4 is 21.3 Å². The number of alkyl halides is 3. The summed E-state index contributed by atoms with van der Waals surface area (Å²) in [7, 11) is -2.62. The number of aromatic amines is 2. The van der Waals surface area contributed by atoms with Crippen molar-refractivity contribution in [1.29, 1.82) is 5.26 Å². The summed E-state index contributed by atoms with van der Waals surface area (Å²) in [5.41, 5.74) is 5.52. The van der Waals surface area contributed by atoms with Gasteiger partial charge < -0.3 is 16.0 Å². The van der Waals surface area contributed by atoms with Crippen LogP contribution in [0.3, 0.4) is 0 Å². The van der Waals surface area contributed by atoms with E-state index in [0.717, 1.165) is 0 Å². The quantitative estimate of drug-likeness (QED) is 0.315. The zero-order valence-corrected chi connectivity index (χ0v) is 20.4. The van der Waals surface area contributed by atoms with Crippen molar-refractivity contribution < 1.29 is 22.2 Å². The minimum Gasteiger partial charge on any atom is -0.337 e. The molecule has 0 fully saturated rings. The number of anilines is 1. The van der Waals surface area contributed by atoms with E-state index in [-0.39, 0.29) is 35.6 Å². The first-order valence-corrected chi connectivity index (χ1v) is 12.7. The van der Waals surface area contributed by atoms with Crippen LogP contribution in [0.5, 0.6) is 0 Å². The molecule has 0 radical (unpaired) electrons. The number of aryl methyl sites for hydroxylation is 1. The molecule has 14 heteroatoms. The number of hydrogen-bond acceptors (Lipinski definition) is 7. The van der Waals surface area contributed by atoms with Crippen molar-refractivity contribution in [2.45, 2.75) is 37.3 Å². The van der Waals surface area contributed by atoms with Crippen LogP contribution in [-0.2, 0) is 28.7 Å². The Labute approximate surface area is 205 Å². The Bertz CT molecular complexity index is 1410. The molecule has 1 amide bonds. The van der Waals surface area contributed by atoms with Gasteiger partial charge in [0, 0.05) is 42.4 Å². The van der Waals surface area contributed by atoms with Crippen LogP contribution in [0.4, 0.5) is 18.9 Å². The van der Waals surface area contributed by atoms with E-state index in [2.05, 4.69) is 29.8 Å². The largest absolute Gasteiger partial charge is 0.435 e. The van der Waals surface area contributed by atoms with Gasteiger partial charge in [-0.1, -0.05) is 0 Å². The molecule has 36 heavy (non-hydrogen) atoms. The second kappa shape index (κ2) is 10.9. The lowest BCUT2D eigenvalue weighted by atomic mass is 10.1. The van der Waals surface area contributed by atoms with E-state index in [1.807, 2.05) is 0 Å². The van der Waals surface area contributed by atoms with Gasteiger partial charge in [0.05, 0.1) is 32.8 Å². The molecule has 3 aromatic rings. The number of nitrogens with two attached hydrogens (primary N) is 1. The number of nitrogens with zero attached hydrogens (tertiary/aromatic N) is 4. The third-order valence-electron chi connectivity index (χ3n) is 5.23. The number of halogens is 3. The SMILES string of the molecule is Cc1cc(NC(=O)c2ncc(Cc3c(C(F)(F)F)n[nH]c3CC#N)[nH]2)ccc1S(C)(=O)=NCCCN. The van der Waals surface area contributed by atoms with Gasteiger partial charge >= 0.3 is 6.18 Å². The molecule has 3 rings (SSSR count). The fraction of sp³-hybridized carbons (Fsp3) is 0.364. The summed E-state index contributed by atoms with van der Waals surface area (Å²) in [6, 6.07) is 6.66. The summed E-state index contributed by atoms with van der Waals surface area (Å²) in [6.45, 7) is 2.58. The molecular formula is C22H25F3N8O2S. The lowest BCUT2D eigenvalue weighted by Crippen LogP contribution is -2.14. The van der Waals surface area contributed by atoms with Gasteiger partial charge in [-0.25, -0.2) is 13.6 Å². The average molecular weight is 523 g/mol. The molecule has 2 heterocycles. The summed E-state index contributed by atoms with van der Waals surface area (Å²) in [6.07, 6.45) is -1.82. The minimum atomic E-state index is -4.70. The fourth-order valence-electron chi connectivity index (χ4n) is 3.55. The molecule has 0 saturated heterocycles. The Morgan fingerprint density at radius 3 is 2.75 bits per heavy atom. The van der Waals surface area contributed by atoms with E-state index in [1.165, 1.54) is 6.20 Å². The number of amides is 1. The van der Waals surface area contributed by atoms with Crippen molar-refractivity contribution in [3.8, 4) is 6.07 Å². The summed E-state index contributed by atoms with van der Waals surface area (Å²) >= 11 is 0. The molecule has 1 aromatic carbocycles. The predicted molar refractivity (Wildman–Crippen MR) is 127 cm³/mol. The van der Waals surface area contributed by atoms with Crippen LogP contribution in [0.1, 0.15) is 45.2 Å². The van der Waals surface area contributed by atoms with Crippen LogP contribution in [0.15, 0.2) is 33.7 Å². The Balaban J connectivity index is 1.76. The Morgan fingerprint density at radius 2 is 2.11 bits per heavy atom. The lowest BCUT2D eigenvalue weighted by Gasteiger charge is -2.11. The Hall–Kier alpha value is -3.70. The van der Waals surface area contributed by atoms with Gasteiger partial charge in [-0.05, 0) is 43.7 Å². The standard InChI is InChI=1S/C22H25F3N8O2S/c1-13-10-14(4-5-18(13)36(2,35)29-9-3-7-26)31-21(34)20-28-12-15(30-20)11-16-17(6-8-27)32-33-19(16)22(23,24)25/h4-5,10,12H,3,6-7,9,11,26H2,1-2H3,(H,28,30)(H,31,34)(H,32,33). The molecule has 0 spiro atoms. The smallest absolute Gasteiger partial charge is 0.337 e. The predicted octanol–water partition coefficient (Wildman–Crippen LogP) is 3.17. The normalized spacial score (nSPS) is 13.1. The summed E-state index contributed by atoms with van der Waals surface area (Å²) in [5.74, 6) is -0.722. The summed E-state index contributed by atoms with van der Waals surface area (Å²) in [4.78, 5) is 19.9. The number of aromatic nitrogens is 4. The maximum absolute atomic E-state index is 13.3. The number of hydrogen-bond donors (Lipinski definition) is 4. The van der Waals surface area contributed by atoms with Crippen LogP contribution in [-0.4, -0.2) is 49.6 Å². The minimum absolute atomic E-state index is 0.0447. The number of rotatable bonds is 9. The average Bonchev–Trinajstić information content (AvgIpc) is 3.42. The van der Waals surface area contributed by atoms with Crippen LogP contribution in [0.2, 0.25) is 0 Å². The number of carbonyl (C=O) groups excluding carboxylic acids is 1. The van der Waals surface area contributed by atoms with E-state index in [4.69, 9.17) is 11.0 Å². The lowest BCUT2D eigenvalue weighted by molar-refractivity contribution is -0.141.